The van der Waals surface area contributed by atoms with Gasteiger partial charge in [0.05, 0.1) is 13.2 Å². The Morgan fingerprint density at radius 3 is 2.33 bits per heavy atom. The van der Waals surface area contributed by atoms with E-state index in [1.165, 1.54) is 56.5 Å². The van der Waals surface area contributed by atoms with Gasteiger partial charge in [0.25, 0.3) is 0 Å². The first-order valence-electron chi connectivity index (χ1n) is 10.6. The zero-order chi connectivity index (χ0) is 16.8. The van der Waals surface area contributed by atoms with Crippen molar-refractivity contribution in [3.63, 3.8) is 0 Å². The summed E-state index contributed by atoms with van der Waals surface area (Å²) >= 11 is 2.19. The standard InChI is InChI=1S/C22H38OS/c1-16(2)20-8-18(9-22(11-20)12-23-13-22)7-17(3)19-5-4-6-21(10-19)14-24-15-21/h16-20H,4-15H2,1-3H3. The van der Waals surface area contributed by atoms with Crippen LogP contribution in [0.5, 0.6) is 0 Å². The molecule has 2 spiro atoms. The fraction of sp³-hybridized carbons (Fsp3) is 1.00. The highest BCUT2D eigenvalue weighted by molar-refractivity contribution is 8.00. The van der Waals surface area contributed by atoms with Gasteiger partial charge in [0.15, 0.2) is 0 Å². The third kappa shape index (κ3) is 3.43. The molecule has 1 nitrogen and oxygen atoms in total. The van der Waals surface area contributed by atoms with Crippen LogP contribution >= 0.6 is 11.8 Å². The summed E-state index contributed by atoms with van der Waals surface area (Å²) in [5.74, 6) is 7.67. The molecular formula is C22H38OS. The molecule has 4 atom stereocenters. The molecule has 0 bridgehead atoms. The van der Waals surface area contributed by atoms with E-state index >= 15 is 0 Å². The maximum atomic E-state index is 5.66. The average Bonchev–Trinajstić information content (AvgIpc) is 2.51. The minimum Gasteiger partial charge on any atom is -0.380 e. The minimum absolute atomic E-state index is 0.579. The average molecular weight is 351 g/mol. The van der Waals surface area contributed by atoms with Crippen molar-refractivity contribution in [1.82, 2.24) is 0 Å². The molecule has 4 fully saturated rings. The molecule has 2 aliphatic carbocycles. The van der Waals surface area contributed by atoms with Crippen molar-refractivity contribution in [3.8, 4) is 0 Å². The van der Waals surface area contributed by atoms with Crippen LogP contribution in [-0.4, -0.2) is 24.7 Å². The Hall–Kier alpha value is 0.310. The number of hydrogen-bond donors (Lipinski definition) is 0. The third-order valence-electron chi connectivity index (χ3n) is 8.12. The van der Waals surface area contributed by atoms with Gasteiger partial charge in [0.2, 0.25) is 0 Å². The molecule has 138 valence electrons. The first kappa shape index (κ1) is 17.7. The molecule has 0 aromatic carbocycles. The maximum Gasteiger partial charge on any atom is 0.0545 e. The summed E-state index contributed by atoms with van der Waals surface area (Å²) in [5.41, 5.74) is 1.36. The van der Waals surface area contributed by atoms with Crippen LogP contribution in [0.2, 0.25) is 0 Å². The zero-order valence-corrected chi connectivity index (χ0v) is 17.0. The monoisotopic (exact) mass is 350 g/mol. The lowest BCUT2D eigenvalue weighted by Crippen LogP contribution is -2.49. The number of hydrogen-bond acceptors (Lipinski definition) is 2. The number of thioether (sulfide) groups is 1. The number of ether oxygens (including phenoxy) is 1. The summed E-state index contributed by atoms with van der Waals surface area (Å²) in [6.45, 7) is 9.61. The largest absolute Gasteiger partial charge is 0.380 e. The Balaban J connectivity index is 1.36. The van der Waals surface area contributed by atoms with Gasteiger partial charge in [-0.15, -0.1) is 0 Å². The molecule has 4 rings (SSSR count). The molecule has 4 unspecified atom stereocenters. The molecule has 0 aromatic rings. The van der Waals surface area contributed by atoms with Crippen LogP contribution in [0.25, 0.3) is 0 Å². The lowest BCUT2D eigenvalue weighted by Gasteiger charge is -2.52. The van der Waals surface area contributed by atoms with Gasteiger partial charge in [0, 0.05) is 5.41 Å². The molecule has 2 saturated heterocycles. The van der Waals surface area contributed by atoms with Crippen LogP contribution in [-0.2, 0) is 4.74 Å². The van der Waals surface area contributed by atoms with Crippen LogP contribution in [0.4, 0.5) is 0 Å². The second kappa shape index (κ2) is 6.80. The first-order valence-corrected chi connectivity index (χ1v) is 11.8. The van der Waals surface area contributed by atoms with Crippen molar-refractivity contribution < 1.29 is 4.74 Å². The molecule has 2 aliphatic heterocycles. The summed E-state index contributed by atoms with van der Waals surface area (Å²) < 4.78 is 5.66. The summed E-state index contributed by atoms with van der Waals surface area (Å²) in [4.78, 5) is 0. The predicted molar refractivity (Wildman–Crippen MR) is 104 cm³/mol. The Bertz CT molecular complexity index is 437. The van der Waals surface area contributed by atoms with Gasteiger partial charge < -0.3 is 4.74 Å². The van der Waals surface area contributed by atoms with E-state index in [0.717, 1.165) is 48.2 Å². The predicted octanol–water partition coefficient (Wildman–Crippen LogP) is 6.02. The van der Waals surface area contributed by atoms with Crippen molar-refractivity contribution in [1.29, 1.82) is 0 Å². The third-order valence-corrected chi connectivity index (χ3v) is 9.75. The van der Waals surface area contributed by atoms with Crippen molar-refractivity contribution in [2.24, 2.45) is 40.4 Å². The van der Waals surface area contributed by atoms with Crippen LogP contribution < -0.4 is 0 Å². The van der Waals surface area contributed by atoms with E-state index in [1.54, 1.807) is 6.42 Å². The van der Waals surface area contributed by atoms with Gasteiger partial charge in [0.1, 0.15) is 0 Å². The fourth-order valence-corrected chi connectivity index (χ4v) is 7.82. The van der Waals surface area contributed by atoms with Gasteiger partial charge in [-0.25, -0.2) is 0 Å². The lowest BCUT2D eigenvalue weighted by molar-refractivity contribution is -0.156. The fourth-order valence-electron chi connectivity index (χ4n) is 6.52. The molecule has 0 radical (unpaired) electrons. The highest BCUT2D eigenvalue weighted by Crippen LogP contribution is 2.54. The molecule has 0 amide bonds. The highest BCUT2D eigenvalue weighted by Gasteiger charge is 2.47. The van der Waals surface area contributed by atoms with Crippen LogP contribution in [0.1, 0.15) is 72.1 Å². The second-order valence-electron chi connectivity index (χ2n) is 10.6. The SMILES string of the molecule is CC(C)C1CC(CC(C)C2CCCC3(CSC3)C2)CC2(COC2)C1. The summed E-state index contributed by atoms with van der Waals surface area (Å²) in [6, 6.07) is 0. The molecule has 4 aliphatic rings. The Labute approximate surface area is 154 Å². The van der Waals surface area contributed by atoms with Gasteiger partial charge in [-0.05, 0) is 85.0 Å². The van der Waals surface area contributed by atoms with Crippen LogP contribution in [0, 0.1) is 40.4 Å². The van der Waals surface area contributed by atoms with E-state index in [-0.39, 0.29) is 0 Å². The molecule has 2 heteroatoms. The lowest BCUT2D eigenvalue weighted by atomic mass is 9.59. The highest BCUT2D eigenvalue weighted by atomic mass is 32.2. The summed E-state index contributed by atoms with van der Waals surface area (Å²) in [7, 11) is 0. The van der Waals surface area contributed by atoms with Gasteiger partial charge in [-0.1, -0.05) is 33.6 Å². The van der Waals surface area contributed by atoms with E-state index in [0.29, 0.717) is 5.41 Å². The topological polar surface area (TPSA) is 9.23 Å². The van der Waals surface area contributed by atoms with E-state index < -0.39 is 0 Å². The maximum absolute atomic E-state index is 5.66. The zero-order valence-electron chi connectivity index (χ0n) is 16.2. The summed E-state index contributed by atoms with van der Waals surface area (Å²) in [5, 5.41) is 0. The normalized spacial score (nSPS) is 38.8. The Morgan fingerprint density at radius 1 is 1.00 bits per heavy atom. The first-order chi connectivity index (χ1) is 11.5. The molecular weight excluding hydrogens is 312 g/mol. The number of rotatable bonds is 4. The van der Waals surface area contributed by atoms with E-state index in [2.05, 4.69) is 32.5 Å². The molecule has 24 heavy (non-hydrogen) atoms. The van der Waals surface area contributed by atoms with Crippen molar-refractivity contribution in [2.75, 3.05) is 24.7 Å². The smallest absolute Gasteiger partial charge is 0.0545 e. The van der Waals surface area contributed by atoms with Crippen molar-refractivity contribution in [3.05, 3.63) is 0 Å². The van der Waals surface area contributed by atoms with Gasteiger partial charge >= 0.3 is 0 Å². The van der Waals surface area contributed by atoms with Crippen molar-refractivity contribution >= 4 is 11.8 Å². The Kier molecular flexibility index (Phi) is 5.02. The van der Waals surface area contributed by atoms with Crippen molar-refractivity contribution in [2.45, 2.75) is 72.1 Å². The molecule has 2 saturated carbocycles. The van der Waals surface area contributed by atoms with E-state index in [1.807, 2.05) is 0 Å². The van der Waals surface area contributed by atoms with E-state index in [9.17, 15) is 0 Å². The minimum atomic E-state index is 0.579. The Morgan fingerprint density at radius 2 is 1.75 bits per heavy atom. The van der Waals surface area contributed by atoms with Crippen LogP contribution in [0.3, 0.4) is 0 Å². The molecule has 0 N–H and O–H groups in total. The van der Waals surface area contributed by atoms with Crippen LogP contribution in [0.15, 0.2) is 0 Å². The van der Waals surface area contributed by atoms with E-state index in [4.69, 9.17) is 4.74 Å². The van der Waals surface area contributed by atoms with Gasteiger partial charge in [-0.3, -0.25) is 0 Å². The molecule has 0 aromatic heterocycles. The van der Waals surface area contributed by atoms with Gasteiger partial charge in [-0.2, -0.15) is 11.8 Å². The molecule has 2 heterocycles. The second-order valence-corrected chi connectivity index (χ2v) is 11.6. The summed E-state index contributed by atoms with van der Waals surface area (Å²) in [6.07, 6.45) is 12.0. The quantitative estimate of drug-likeness (QED) is 0.612.